The fraction of sp³-hybridized carbons (Fsp3) is 0.348. The third kappa shape index (κ3) is 5.71. The number of fused-ring (bicyclic) bond motifs is 4. The largest absolute Gasteiger partial charge is 0.399 e. The Hall–Kier alpha value is -4.44. The van der Waals surface area contributed by atoms with Crippen molar-refractivity contribution >= 4 is 62.9 Å². The van der Waals surface area contributed by atoms with Gasteiger partial charge in [0.15, 0.2) is 0 Å². The van der Waals surface area contributed by atoms with E-state index in [0.29, 0.717) is 0 Å². The Morgan fingerprint density at radius 1 is 0.400 bits per heavy atom. The van der Waals surface area contributed by atoms with Gasteiger partial charge in [0.25, 0.3) is 6.71 Å². The second-order valence-electron chi connectivity index (χ2n) is 18.7. The molecule has 5 aromatic carbocycles. The van der Waals surface area contributed by atoms with Crippen molar-refractivity contribution in [2.24, 2.45) is 0 Å². The normalized spacial score (nSPS) is 14.4. The topological polar surface area (TPSA) is 32.5 Å². The Balaban J connectivity index is 1.57. The summed E-state index contributed by atoms with van der Waals surface area (Å²) in [5, 5.41) is 0. The first-order chi connectivity index (χ1) is 23.2. The van der Waals surface area contributed by atoms with Gasteiger partial charge in [0.1, 0.15) is 0 Å². The van der Waals surface area contributed by atoms with Gasteiger partial charge in [-0.1, -0.05) is 132 Å². The van der Waals surface area contributed by atoms with E-state index in [-0.39, 0.29) is 28.4 Å². The Bertz CT molecular complexity index is 1950. The van der Waals surface area contributed by atoms with Gasteiger partial charge in [-0.05, 0) is 109 Å². The maximum absolute atomic E-state index is 6.92. The summed E-state index contributed by atoms with van der Waals surface area (Å²) in [6, 6.07) is 37.0. The van der Waals surface area contributed by atoms with Crippen LogP contribution < -0.4 is 31.9 Å². The number of hydrogen-bond acceptors (Lipinski definition) is 3. The fourth-order valence-corrected chi connectivity index (χ4v) is 7.74. The highest BCUT2D eigenvalue weighted by molar-refractivity contribution is 7.00. The van der Waals surface area contributed by atoms with Crippen molar-refractivity contribution in [1.29, 1.82) is 0 Å². The fourth-order valence-electron chi connectivity index (χ4n) is 7.74. The van der Waals surface area contributed by atoms with Crippen LogP contribution in [-0.2, 0) is 21.7 Å². The Kier molecular flexibility index (Phi) is 7.68. The van der Waals surface area contributed by atoms with Crippen molar-refractivity contribution in [3.05, 3.63) is 119 Å². The molecule has 7 rings (SSSR count). The van der Waals surface area contributed by atoms with Crippen LogP contribution in [-0.4, -0.2) is 6.71 Å². The number of nitrogens with zero attached hydrogens (tertiary/aromatic N) is 2. The highest BCUT2D eigenvalue weighted by Gasteiger charge is 2.44. The molecule has 0 unspecified atom stereocenters. The zero-order chi connectivity index (χ0) is 36.1. The van der Waals surface area contributed by atoms with Gasteiger partial charge in [-0.2, -0.15) is 0 Å². The van der Waals surface area contributed by atoms with Gasteiger partial charge in [-0.25, -0.2) is 0 Å². The van der Waals surface area contributed by atoms with Crippen molar-refractivity contribution in [2.45, 2.75) is 105 Å². The quantitative estimate of drug-likeness (QED) is 0.148. The summed E-state index contributed by atoms with van der Waals surface area (Å²) in [7, 11) is 0. The molecule has 0 radical (unpaired) electrons. The minimum absolute atomic E-state index is 0.00400. The van der Waals surface area contributed by atoms with E-state index in [1.54, 1.807) is 0 Å². The van der Waals surface area contributed by atoms with E-state index in [2.05, 4.69) is 190 Å². The van der Waals surface area contributed by atoms with Gasteiger partial charge in [-0.3, -0.25) is 0 Å². The van der Waals surface area contributed by atoms with Gasteiger partial charge in [0, 0.05) is 39.8 Å². The lowest BCUT2D eigenvalue weighted by Crippen LogP contribution is -2.61. The van der Waals surface area contributed by atoms with Gasteiger partial charge < -0.3 is 15.5 Å². The van der Waals surface area contributed by atoms with E-state index >= 15 is 0 Å². The van der Waals surface area contributed by atoms with Crippen LogP contribution in [0.1, 0.15) is 105 Å². The number of rotatable bonds is 2. The van der Waals surface area contributed by atoms with E-state index in [1.165, 1.54) is 50.0 Å². The van der Waals surface area contributed by atoms with E-state index in [4.69, 9.17) is 5.73 Å². The predicted molar refractivity (Wildman–Crippen MR) is 220 cm³/mol. The summed E-state index contributed by atoms with van der Waals surface area (Å²) in [6.45, 7) is 27.6. The van der Waals surface area contributed by atoms with Crippen LogP contribution >= 0.6 is 0 Å². The van der Waals surface area contributed by atoms with Crippen LogP contribution in [0.5, 0.6) is 0 Å². The number of nitrogens with two attached hydrogens (primary N) is 1. The first-order valence-electron chi connectivity index (χ1n) is 18.3. The average molecular weight is 660 g/mol. The van der Waals surface area contributed by atoms with Gasteiger partial charge in [-0.15, -0.1) is 0 Å². The SMILES string of the molecule is CC(C)(C)c1ccc(N2c3ccc(C(C)(C)C)cc3B3c4cc(C(C)(C)C)ccc4N(c4ccc(C(C)(C)C)cc4)c4cc(N)cc2c43)cc1. The highest BCUT2D eigenvalue weighted by Crippen LogP contribution is 2.46. The van der Waals surface area contributed by atoms with E-state index in [1.807, 2.05) is 0 Å². The first-order valence-corrected chi connectivity index (χ1v) is 18.3. The van der Waals surface area contributed by atoms with Crippen LogP contribution in [0, 0.1) is 0 Å². The number of nitrogen functional groups attached to an aromatic ring is 1. The lowest BCUT2D eigenvalue weighted by Gasteiger charge is -2.45. The molecule has 4 heteroatoms. The molecule has 0 saturated heterocycles. The number of benzene rings is 5. The van der Waals surface area contributed by atoms with Crippen molar-refractivity contribution in [2.75, 3.05) is 15.5 Å². The van der Waals surface area contributed by atoms with Gasteiger partial charge in [0.2, 0.25) is 0 Å². The zero-order valence-corrected chi connectivity index (χ0v) is 32.3. The Labute approximate surface area is 301 Å². The molecule has 50 heavy (non-hydrogen) atoms. The van der Waals surface area contributed by atoms with Crippen LogP contribution in [0.3, 0.4) is 0 Å². The molecule has 2 aliphatic heterocycles. The standard InChI is InChI=1S/C46H54BN3/c1-43(2,3)29-13-19-34(20-14-29)49-38-23-17-31(45(7,8)9)25-36(38)47-37-26-32(46(10,11)12)18-24-39(37)50(41-28-33(48)27-40(49)42(41)47)35-21-15-30(16-22-35)44(4,5)6/h13-28H,48H2,1-12H3. The average Bonchev–Trinajstić information content (AvgIpc) is 3.02. The molecule has 0 bridgehead atoms. The maximum atomic E-state index is 6.92. The summed E-state index contributed by atoms with van der Waals surface area (Å²) < 4.78 is 0. The molecule has 0 aromatic heterocycles. The summed E-state index contributed by atoms with van der Waals surface area (Å²) in [5.41, 5.74) is 24.1. The molecular formula is C46H54BN3. The minimum Gasteiger partial charge on any atom is -0.399 e. The summed E-state index contributed by atoms with van der Waals surface area (Å²) in [5.74, 6) is 0. The van der Waals surface area contributed by atoms with Crippen molar-refractivity contribution in [3.63, 3.8) is 0 Å². The van der Waals surface area contributed by atoms with Crippen molar-refractivity contribution in [1.82, 2.24) is 0 Å². The number of hydrogen-bond donors (Lipinski definition) is 1. The third-order valence-electron chi connectivity index (χ3n) is 10.8. The van der Waals surface area contributed by atoms with Crippen molar-refractivity contribution < 1.29 is 0 Å². The molecule has 2 heterocycles. The summed E-state index contributed by atoms with van der Waals surface area (Å²) >= 11 is 0. The molecule has 256 valence electrons. The lowest BCUT2D eigenvalue weighted by molar-refractivity contribution is 0.590. The minimum atomic E-state index is 0.00400. The molecule has 2 N–H and O–H groups in total. The molecule has 0 fully saturated rings. The van der Waals surface area contributed by atoms with Crippen LogP contribution in [0.2, 0.25) is 0 Å². The lowest BCUT2D eigenvalue weighted by atomic mass is 9.33. The molecule has 0 saturated carbocycles. The Morgan fingerprint density at radius 3 is 1.04 bits per heavy atom. The van der Waals surface area contributed by atoms with E-state index in [9.17, 15) is 0 Å². The first kappa shape index (κ1) is 34.0. The molecule has 5 aromatic rings. The predicted octanol–water partition coefficient (Wildman–Crippen LogP) is 10.5. The van der Waals surface area contributed by atoms with Crippen molar-refractivity contribution in [3.8, 4) is 0 Å². The molecule has 0 amide bonds. The van der Waals surface area contributed by atoms with E-state index < -0.39 is 0 Å². The molecule has 2 aliphatic rings. The summed E-state index contributed by atoms with van der Waals surface area (Å²) in [6.07, 6.45) is 0. The maximum Gasteiger partial charge on any atom is 0.252 e. The highest BCUT2D eigenvalue weighted by atomic mass is 15.2. The molecule has 0 aliphatic carbocycles. The van der Waals surface area contributed by atoms with Crippen LogP contribution in [0.4, 0.5) is 39.8 Å². The van der Waals surface area contributed by atoms with Gasteiger partial charge in [0.05, 0.1) is 0 Å². The molecule has 0 atom stereocenters. The van der Waals surface area contributed by atoms with Crippen LogP contribution in [0.25, 0.3) is 0 Å². The second kappa shape index (κ2) is 11.3. The van der Waals surface area contributed by atoms with E-state index in [0.717, 1.165) is 28.4 Å². The number of anilines is 7. The van der Waals surface area contributed by atoms with Crippen LogP contribution in [0.15, 0.2) is 97.1 Å². The zero-order valence-electron chi connectivity index (χ0n) is 32.3. The van der Waals surface area contributed by atoms with Gasteiger partial charge >= 0.3 is 0 Å². The molecule has 3 nitrogen and oxygen atoms in total. The third-order valence-corrected chi connectivity index (χ3v) is 10.8. The monoisotopic (exact) mass is 659 g/mol. The second-order valence-corrected chi connectivity index (χ2v) is 18.7. The molecular weight excluding hydrogens is 605 g/mol. The smallest absolute Gasteiger partial charge is 0.252 e. The summed E-state index contributed by atoms with van der Waals surface area (Å²) in [4.78, 5) is 4.92. The Morgan fingerprint density at radius 2 is 0.720 bits per heavy atom. The molecule has 0 spiro atoms.